The number of fused-ring (bicyclic) bond motifs is 1. The number of carbonyl (C=O) groups excluding carboxylic acids is 2. The number of methoxy groups -OCH3 is 1. The van der Waals surface area contributed by atoms with Crippen LogP contribution in [0.2, 0.25) is 0 Å². The second kappa shape index (κ2) is 4.45. The normalized spacial score (nSPS) is 18.2. The summed E-state index contributed by atoms with van der Waals surface area (Å²) < 4.78 is 4.61. The van der Waals surface area contributed by atoms with E-state index in [2.05, 4.69) is 10.1 Å². The van der Waals surface area contributed by atoms with Gasteiger partial charge in [-0.3, -0.25) is 9.59 Å². The van der Waals surface area contributed by atoms with E-state index < -0.39 is 0 Å². The standard InChI is InChI=1S/C12H13NO4/c1-17-11(15)4-7-6-13-12(16)9-3-2-8(14)5-10(7)9/h2-3,5,7,14H,4,6H2,1H3,(H,13,16). The van der Waals surface area contributed by atoms with Crippen molar-refractivity contribution >= 4 is 11.9 Å². The van der Waals surface area contributed by atoms with Crippen molar-refractivity contribution in [2.45, 2.75) is 12.3 Å². The number of aromatic hydroxyl groups is 1. The Kier molecular flexibility index (Phi) is 2.99. The van der Waals surface area contributed by atoms with E-state index in [1.165, 1.54) is 19.2 Å². The van der Waals surface area contributed by atoms with Crippen LogP contribution >= 0.6 is 0 Å². The van der Waals surface area contributed by atoms with Crippen LogP contribution in [0.1, 0.15) is 28.3 Å². The van der Waals surface area contributed by atoms with E-state index in [1.807, 2.05) is 0 Å². The Bertz CT molecular complexity index is 470. The first-order valence-corrected chi connectivity index (χ1v) is 5.29. The molecule has 1 atom stereocenters. The molecule has 5 heteroatoms. The molecule has 0 bridgehead atoms. The number of amides is 1. The second-order valence-electron chi connectivity index (χ2n) is 3.96. The highest BCUT2D eigenvalue weighted by atomic mass is 16.5. The molecule has 1 unspecified atom stereocenters. The van der Waals surface area contributed by atoms with Crippen molar-refractivity contribution in [3.8, 4) is 5.75 Å². The number of benzene rings is 1. The molecular weight excluding hydrogens is 222 g/mol. The molecule has 0 aliphatic carbocycles. The minimum Gasteiger partial charge on any atom is -0.508 e. The summed E-state index contributed by atoms with van der Waals surface area (Å²) in [7, 11) is 1.33. The fourth-order valence-corrected chi connectivity index (χ4v) is 1.98. The second-order valence-corrected chi connectivity index (χ2v) is 3.96. The molecule has 0 fully saturated rings. The first-order chi connectivity index (χ1) is 8.11. The number of ether oxygens (including phenoxy) is 1. The molecular formula is C12H13NO4. The Morgan fingerprint density at radius 2 is 2.35 bits per heavy atom. The van der Waals surface area contributed by atoms with E-state index >= 15 is 0 Å². The molecule has 0 aromatic heterocycles. The molecule has 1 aromatic rings. The first kappa shape index (κ1) is 11.4. The highest BCUT2D eigenvalue weighted by Gasteiger charge is 2.27. The van der Waals surface area contributed by atoms with Crippen LogP contribution in [0.3, 0.4) is 0 Å². The van der Waals surface area contributed by atoms with Gasteiger partial charge in [0.1, 0.15) is 5.75 Å². The van der Waals surface area contributed by atoms with Crippen LogP contribution in [0.15, 0.2) is 18.2 Å². The highest BCUT2D eigenvalue weighted by Crippen LogP contribution is 2.29. The molecule has 2 N–H and O–H groups in total. The van der Waals surface area contributed by atoms with Gasteiger partial charge in [-0.05, 0) is 23.8 Å². The van der Waals surface area contributed by atoms with Crippen LogP contribution in [0.4, 0.5) is 0 Å². The van der Waals surface area contributed by atoms with Crippen molar-refractivity contribution < 1.29 is 19.4 Å². The third-order valence-corrected chi connectivity index (χ3v) is 2.87. The SMILES string of the molecule is COC(=O)CC1CNC(=O)c2ccc(O)cc21. The van der Waals surface area contributed by atoms with Crippen LogP contribution in [0.25, 0.3) is 0 Å². The number of carbonyl (C=O) groups is 2. The lowest BCUT2D eigenvalue weighted by atomic mass is 9.88. The number of hydrogen-bond acceptors (Lipinski definition) is 4. The summed E-state index contributed by atoms with van der Waals surface area (Å²) in [6.07, 6.45) is 0.188. The molecule has 1 aliphatic rings. The van der Waals surface area contributed by atoms with Crippen molar-refractivity contribution in [1.29, 1.82) is 0 Å². The zero-order valence-corrected chi connectivity index (χ0v) is 9.40. The van der Waals surface area contributed by atoms with Gasteiger partial charge in [-0.1, -0.05) is 0 Å². The van der Waals surface area contributed by atoms with Gasteiger partial charge >= 0.3 is 5.97 Å². The molecule has 5 nitrogen and oxygen atoms in total. The van der Waals surface area contributed by atoms with E-state index in [0.29, 0.717) is 17.7 Å². The van der Waals surface area contributed by atoms with E-state index in [9.17, 15) is 14.7 Å². The number of hydrogen-bond donors (Lipinski definition) is 2. The lowest BCUT2D eigenvalue weighted by molar-refractivity contribution is -0.141. The molecule has 2 rings (SSSR count). The van der Waals surface area contributed by atoms with E-state index in [0.717, 1.165) is 0 Å². The third-order valence-electron chi connectivity index (χ3n) is 2.87. The van der Waals surface area contributed by atoms with Gasteiger partial charge in [0.05, 0.1) is 13.5 Å². The lowest BCUT2D eigenvalue weighted by Gasteiger charge is -2.25. The maximum absolute atomic E-state index is 11.6. The number of phenols is 1. The molecule has 1 amide bonds. The van der Waals surface area contributed by atoms with Crippen LogP contribution in [0.5, 0.6) is 5.75 Å². The maximum Gasteiger partial charge on any atom is 0.306 e. The number of esters is 1. The predicted octanol–water partition coefficient (Wildman–Crippen LogP) is 0.782. The number of phenolic OH excluding ortho intramolecular Hbond substituents is 1. The van der Waals surface area contributed by atoms with Gasteiger partial charge < -0.3 is 15.2 Å². The van der Waals surface area contributed by atoms with Gasteiger partial charge in [0.25, 0.3) is 5.91 Å². The highest BCUT2D eigenvalue weighted by molar-refractivity contribution is 5.97. The predicted molar refractivity (Wildman–Crippen MR) is 59.8 cm³/mol. The smallest absolute Gasteiger partial charge is 0.306 e. The summed E-state index contributed by atoms with van der Waals surface area (Å²) in [6.45, 7) is 0.379. The maximum atomic E-state index is 11.6. The van der Waals surface area contributed by atoms with Gasteiger partial charge in [0.15, 0.2) is 0 Å². The topological polar surface area (TPSA) is 75.6 Å². The Morgan fingerprint density at radius 1 is 1.59 bits per heavy atom. The summed E-state index contributed by atoms with van der Waals surface area (Å²) in [4.78, 5) is 22.8. The van der Waals surface area contributed by atoms with Gasteiger partial charge in [-0.15, -0.1) is 0 Å². The molecule has 0 saturated heterocycles. The Morgan fingerprint density at radius 3 is 3.06 bits per heavy atom. The number of rotatable bonds is 2. The minimum absolute atomic E-state index is 0.0910. The molecule has 0 saturated carbocycles. The molecule has 17 heavy (non-hydrogen) atoms. The summed E-state index contributed by atoms with van der Waals surface area (Å²) in [6, 6.07) is 4.55. The summed E-state index contributed by atoms with van der Waals surface area (Å²) in [5, 5.41) is 12.1. The monoisotopic (exact) mass is 235 g/mol. The average molecular weight is 235 g/mol. The van der Waals surface area contributed by atoms with Crippen LogP contribution < -0.4 is 5.32 Å². The van der Waals surface area contributed by atoms with Crippen molar-refractivity contribution in [3.05, 3.63) is 29.3 Å². The van der Waals surface area contributed by atoms with Gasteiger partial charge in [0, 0.05) is 18.0 Å². The van der Waals surface area contributed by atoms with Crippen LogP contribution in [0, 0.1) is 0 Å². The van der Waals surface area contributed by atoms with Gasteiger partial charge in [-0.25, -0.2) is 0 Å². The van der Waals surface area contributed by atoms with Crippen LogP contribution in [-0.2, 0) is 9.53 Å². The summed E-state index contributed by atoms with van der Waals surface area (Å²) >= 11 is 0. The molecule has 90 valence electrons. The van der Waals surface area contributed by atoms with E-state index in [4.69, 9.17) is 0 Å². The zero-order valence-electron chi connectivity index (χ0n) is 9.40. The molecule has 1 aromatic carbocycles. The van der Waals surface area contributed by atoms with Crippen molar-refractivity contribution in [2.24, 2.45) is 0 Å². The third kappa shape index (κ3) is 2.22. The first-order valence-electron chi connectivity index (χ1n) is 5.29. The van der Waals surface area contributed by atoms with Crippen molar-refractivity contribution in [2.75, 3.05) is 13.7 Å². The average Bonchev–Trinajstić information content (AvgIpc) is 2.32. The summed E-state index contributed by atoms with van der Waals surface area (Å²) in [5.74, 6) is -0.572. The fourth-order valence-electron chi connectivity index (χ4n) is 1.98. The van der Waals surface area contributed by atoms with Gasteiger partial charge in [-0.2, -0.15) is 0 Å². The van der Waals surface area contributed by atoms with Crippen molar-refractivity contribution in [3.63, 3.8) is 0 Å². The largest absolute Gasteiger partial charge is 0.508 e. The molecule has 0 radical (unpaired) electrons. The Labute approximate surface area is 98.4 Å². The Balaban J connectivity index is 2.34. The lowest BCUT2D eigenvalue weighted by Crippen LogP contribution is -2.35. The quantitative estimate of drug-likeness (QED) is 0.743. The Hall–Kier alpha value is -2.04. The molecule has 1 heterocycles. The zero-order chi connectivity index (χ0) is 12.4. The minimum atomic E-state index is -0.333. The molecule has 1 aliphatic heterocycles. The van der Waals surface area contributed by atoms with E-state index in [1.54, 1.807) is 6.07 Å². The van der Waals surface area contributed by atoms with E-state index in [-0.39, 0.29) is 30.0 Å². The van der Waals surface area contributed by atoms with Gasteiger partial charge in [0.2, 0.25) is 0 Å². The van der Waals surface area contributed by atoms with Crippen molar-refractivity contribution in [1.82, 2.24) is 5.32 Å². The fraction of sp³-hybridized carbons (Fsp3) is 0.333. The van der Waals surface area contributed by atoms with Crippen LogP contribution in [-0.4, -0.2) is 30.6 Å². The number of nitrogens with one attached hydrogen (secondary N) is 1. The summed E-state index contributed by atoms with van der Waals surface area (Å²) in [5.41, 5.74) is 1.20. The molecule has 0 spiro atoms.